The van der Waals surface area contributed by atoms with E-state index in [0.29, 0.717) is 0 Å². The Labute approximate surface area is 155 Å². The van der Waals surface area contributed by atoms with Gasteiger partial charge in [0, 0.05) is 11.8 Å². The SMILES string of the molecule is Cc1ccc(-c2cccc(-c3ccc(C)cc3)c2-c2ccccn2)cc1. The summed E-state index contributed by atoms with van der Waals surface area (Å²) >= 11 is 0. The first-order valence-corrected chi connectivity index (χ1v) is 8.91. The molecule has 0 fully saturated rings. The van der Waals surface area contributed by atoms with E-state index in [1.54, 1.807) is 0 Å². The van der Waals surface area contributed by atoms with Crippen LogP contribution in [0, 0.1) is 13.8 Å². The summed E-state index contributed by atoms with van der Waals surface area (Å²) in [6.45, 7) is 4.23. The molecule has 4 rings (SSSR count). The maximum absolute atomic E-state index is 4.66. The average molecular weight is 335 g/mol. The minimum atomic E-state index is 0.999. The molecule has 1 nitrogen and oxygen atoms in total. The Balaban J connectivity index is 1.99. The van der Waals surface area contributed by atoms with Crippen molar-refractivity contribution in [2.45, 2.75) is 13.8 Å². The van der Waals surface area contributed by atoms with Crippen LogP contribution in [0.3, 0.4) is 0 Å². The summed E-state index contributed by atoms with van der Waals surface area (Å²) in [5.41, 5.74) is 9.56. The molecule has 0 atom stereocenters. The number of aryl methyl sites for hydroxylation is 2. The molecule has 4 aromatic rings. The quantitative estimate of drug-likeness (QED) is 0.406. The fourth-order valence-corrected chi connectivity index (χ4v) is 3.29. The van der Waals surface area contributed by atoms with E-state index < -0.39 is 0 Å². The lowest BCUT2D eigenvalue weighted by Gasteiger charge is -2.16. The fourth-order valence-electron chi connectivity index (χ4n) is 3.29. The second-order valence-corrected chi connectivity index (χ2v) is 6.68. The molecule has 1 aromatic heterocycles. The van der Waals surface area contributed by atoms with E-state index in [9.17, 15) is 0 Å². The van der Waals surface area contributed by atoms with Gasteiger partial charge in [-0.3, -0.25) is 4.98 Å². The number of aromatic nitrogens is 1. The highest BCUT2D eigenvalue weighted by atomic mass is 14.7. The molecule has 0 aliphatic rings. The molecule has 0 aliphatic heterocycles. The van der Waals surface area contributed by atoms with Crippen LogP contribution in [-0.2, 0) is 0 Å². The molecule has 0 saturated heterocycles. The van der Waals surface area contributed by atoms with Crippen LogP contribution in [0.2, 0.25) is 0 Å². The first-order chi connectivity index (χ1) is 12.7. The largest absolute Gasteiger partial charge is 0.256 e. The molecule has 0 unspecified atom stereocenters. The Morgan fingerprint density at radius 2 is 1.08 bits per heavy atom. The summed E-state index contributed by atoms with van der Waals surface area (Å²) < 4.78 is 0. The molecule has 26 heavy (non-hydrogen) atoms. The van der Waals surface area contributed by atoms with Crippen molar-refractivity contribution in [2.75, 3.05) is 0 Å². The molecule has 0 saturated carbocycles. The molecule has 0 amide bonds. The Kier molecular flexibility index (Phi) is 4.37. The van der Waals surface area contributed by atoms with Crippen LogP contribution in [0.25, 0.3) is 33.5 Å². The molecule has 0 radical (unpaired) electrons. The van der Waals surface area contributed by atoms with Crippen LogP contribution >= 0.6 is 0 Å². The maximum Gasteiger partial charge on any atom is 0.0714 e. The van der Waals surface area contributed by atoms with Gasteiger partial charge >= 0.3 is 0 Å². The van der Waals surface area contributed by atoms with Gasteiger partial charge in [0.1, 0.15) is 0 Å². The summed E-state index contributed by atoms with van der Waals surface area (Å²) in [6, 6.07) is 30.0. The number of nitrogens with zero attached hydrogens (tertiary/aromatic N) is 1. The standard InChI is InChI=1S/C25H21N/c1-18-9-13-20(14-10-18)22-6-5-7-23(21-15-11-19(2)12-16-21)25(22)24-8-3-4-17-26-24/h3-17H,1-2H3. The number of hydrogen-bond donors (Lipinski definition) is 0. The molecule has 1 heteroatoms. The third-order valence-corrected chi connectivity index (χ3v) is 4.71. The topological polar surface area (TPSA) is 12.9 Å². The first-order valence-electron chi connectivity index (χ1n) is 8.91. The lowest BCUT2D eigenvalue weighted by Crippen LogP contribution is -1.92. The fraction of sp³-hybridized carbons (Fsp3) is 0.0800. The Bertz CT molecular complexity index is 950. The van der Waals surface area contributed by atoms with Gasteiger partial charge in [-0.05, 0) is 48.2 Å². The van der Waals surface area contributed by atoms with E-state index in [-0.39, 0.29) is 0 Å². The van der Waals surface area contributed by atoms with Crippen LogP contribution in [0.15, 0.2) is 91.1 Å². The van der Waals surface area contributed by atoms with Crippen molar-refractivity contribution in [1.29, 1.82) is 0 Å². The smallest absolute Gasteiger partial charge is 0.0714 e. The number of hydrogen-bond acceptors (Lipinski definition) is 1. The van der Waals surface area contributed by atoms with Gasteiger partial charge in [0.05, 0.1) is 5.69 Å². The monoisotopic (exact) mass is 335 g/mol. The van der Waals surface area contributed by atoms with E-state index in [4.69, 9.17) is 0 Å². The molecule has 0 aliphatic carbocycles. The number of rotatable bonds is 3. The van der Waals surface area contributed by atoms with Gasteiger partial charge in [0.25, 0.3) is 0 Å². The lowest BCUT2D eigenvalue weighted by atomic mass is 9.89. The second-order valence-electron chi connectivity index (χ2n) is 6.68. The van der Waals surface area contributed by atoms with Crippen molar-refractivity contribution >= 4 is 0 Å². The summed E-state index contributed by atoms with van der Waals surface area (Å²) in [5, 5.41) is 0. The molecule has 0 N–H and O–H groups in total. The van der Waals surface area contributed by atoms with Crippen LogP contribution in [0.4, 0.5) is 0 Å². The van der Waals surface area contributed by atoms with Crippen LogP contribution in [0.1, 0.15) is 11.1 Å². The minimum absolute atomic E-state index is 0.999. The number of benzene rings is 3. The van der Waals surface area contributed by atoms with Crippen LogP contribution in [-0.4, -0.2) is 4.98 Å². The number of pyridine rings is 1. The maximum atomic E-state index is 4.66. The highest BCUT2D eigenvalue weighted by Crippen LogP contribution is 2.39. The van der Waals surface area contributed by atoms with Gasteiger partial charge in [0.15, 0.2) is 0 Å². The van der Waals surface area contributed by atoms with Crippen LogP contribution < -0.4 is 0 Å². The van der Waals surface area contributed by atoms with Gasteiger partial charge in [-0.15, -0.1) is 0 Å². The Morgan fingerprint density at radius 3 is 1.54 bits per heavy atom. The molecule has 0 spiro atoms. The van der Waals surface area contributed by atoms with Crippen molar-refractivity contribution in [3.63, 3.8) is 0 Å². The van der Waals surface area contributed by atoms with Gasteiger partial charge in [-0.25, -0.2) is 0 Å². The third-order valence-electron chi connectivity index (χ3n) is 4.71. The predicted octanol–water partition coefficient (Wildman–Crippen LogP) is 6.70. The van der Waals surface area contributed by atoms with Gasteiger partial charge < -0.3 is 0 Å². The Hall–Kier alpha value is -3.19. The van der Waals surface area contributed by atoms with Crippen molar-refractivity contribution in [3.05, 3.63) is 102 Å². The lowest BCUT2D eigenvalue weighted by molar-refractivity contribution is 1.32. The van der Waals surface area contributed by atoms with E-state index in [1.165, 1.54) is 38.9 Å². The molecule has 126 valence electrons. The molecule has 0 bridgehead atoms. The van der Waals surface area contributed by atoms with Crippen LogP contribution in [0.5, 0.6) is 0 Å². The minimum Gasteiger partial charge on any atom is -0.256 e. The zero-order valence-corrected chi connectivity index (χ0v) is 15.1. The van der Waals surface area contributed by atoms with E-state index in [2.05, 4.69) is 91.6 Å². The summed E-state index contributed by atoms with van der Waals surface area (Å²) in [5.74, 6) is 0. The van der Waals surface area contributed by atoms with Gasteiger partial charge in [0.2, 0.25) is 0 Å². The molecular weight excluding hydrogens is 314 g/mol. The average Bonchev–Trinajstić information content (AvgIpc) is 2.69. The zero-order chi connectivity index (χ0) is 17.9. The highest BCUT2D eigenvalue weighted by Gasteiger charge is 2.14. The van der Waals surface area contributed by atoms with Crippen molar-refractivity contribution < 1.29 is 0 Å². The normalized spacial score (nSPS) is 10.7. The van der Waals surface area contributed by atoms with Crippen molar-refractivity contribution in [3.8, 4) is 33.5 Å². The van der Waals surface area contributed by atoms with E-state index >= 15 is 0 Å². The van der Waals surface area contributed by atoms with Crippen molar-refractivity contribution in [1.82, 2.24) is 4.98 Å². The van der Waals surface area contributed by atoms with Gasteiger partial charge in [-0.1, -0.05) is 83.9 Å². The first kappa shape index (κ1) is 16.3. The summed E-state index contributed by atoms with van der Waals surface area (Å²) in [6.07, 6.45) is 1.86. The molecule has 1 heterocycles. The Morgan fingerprint density at radius 1 is 0.538 bits per heavy atom. The second kappa shape index (κ2) is 6.97. The molecular formula is C25H21N. The van der Waals surface area contributed by atoms with E-state index in [1.807, 2.05) is 18.3 Å². The summed E-state index contributed by atoms with van der Waals surface area (Å²) in [4.78, 5) is 4.66. The molecule has 3 aromatic carbocycles. The van der Waals surface area contributed by atoms with E-state index in [0.717, 1.165) is 5.69 Å². The van der Waals surface area contributed by atoms with Gasteiger partial charge in [-0.2, -0.15) is 0 Å². The zero-order valence-electron chi connectivity index (χ0n) is 15.1. The summed E-state index contributed by atoms with van der Waals surface area (Å²) in [7, 11) is 0. The highest BCUT2D eigenvalue weighted by molar-refractivity contribution is 5.93. The van der Waals surface area contributed by atoms with Crippen molar-refractivity contribution in [2.24, 2.45) is 0 Å². The predicted molar refractivity (Wildman–Crippen MR) is 110 cm³/mol. The third kappa shape index (κ3) is 3.16.